The third-order valence-corrected chi connectivity index (χ3v) is 3.68. The summed E-state index contributed by atoms with van der Waals surface area (Å²) >= 11 is 0. The van der Waals surface area contributed by atoms with E-state index < -0.39 is 5.60 Å². The third-order valence-electron chi connectivity index (χ3n) is 3.68. The molecule has 0 saturated heterocycles. The molecule has 0 fully saturated rings. The summed E-state index contributed by atoms with van der Waals surface area (Å²) < 4.78 is 0. The first-order valence-electron chi connectivity index (χ1n) is 7.58. The van der Waals surface area contributed by atoms with Crippen LogP contribution in [0.25, 0.3) is 0 Å². The van der Waals surface area contributed by atoms with Crippen molar-refractivity contribution >= 4 is 0 Å². The molecule has 0 radical (unpaired) electrons. The molecule has 0 heterocycles. The van der Waals surface area contributed by atoms with Crippen molar-refractivity contribution in [2.24, 2.45) is 17.8 Å². The molecule has 0 spiro atoms. The fourth-order valence-corrected chi connectivity index (χ4v) is 3.13. The second-order valence-electron chi connectivity index (χ2n) is 6.55. The summed E-state index contributed by atoms with van der Waals surface area (Å²) in [5.74, 6) is 1.64. The summed E-state index contributed by atoms with van der Waals surface area (Å²) in [6, 6.07) is 0. The molecule has 0 aromatic rings. The van der Waals surface area contributed by atoms with Crippen molar-refractivity contribution in [3.8, 4) is 0 Å². The first-order chi connectivity index (χ1) is 7.85. The summed E-state index contributed by atoms with van der Waals surface area (Å²) in [5, 5.41) is 11.0. The molecule has 0 aromatic carbocycles. The molecule has 0 aromatic heterocycles. The molecule has 0 aliphatic rings. The average Bonchev–Trinajstić information content (AvgIpc) is 2.15. The monoisotopic (exact) mass is 242 g/mol. The Balaban J connectivity index is 4.70. The minimum atomic E-state index is -0.438. The topological polar surface area (TPSA) is 20.2 Å². The maximum atomic E-state index is 11.0. The van der Waals surface area contributed by atoms with E-state index in [-0.39, 0.29) is 0 Å². The molecule has 1 atom stereocenters. The van der Waals surface area contributed by atoms with Gasteiger partial charge >= 0.3 is 0 Å². The molecule has 0 saturated carbocycles. The van der Waals surface area contributed by atoms with Gasteiger partial charge in [-0.15, -0.1) is 0 Å². The standard InChI is InChI=1S/C16H34O/c1-7-9-10-15(8-2)16(17,11-13(3)4)12-14(5)6/h13-15,17H,7-12H2,1-6H3. The quantitative estimate of drug-likeness (QED) is 0.601. The Labute approximate surface area is 109 Å². The molecule has 0 rings (SSSR count). The van der Waals surface area contributed by atoms with Gasteiger partial charge in [-0.05, 0) is 37.0 Å². The van der Waals surface area contributed by atoms with Gasteiger partial charge in [0.2, 0.25) is 0 Å². The molecule has 1 unspecified atom stereocenters. The highest BCUT2D eigenvalue weighted by atomic mass is 16.3. The van der Waals surface area contributed by atoms with Gasteiger partial charge in [-0.1, -0.05) is 60.8 Å². The Kier molecular flexibility index (Phi) is 8.11. The second kappa shape index (κ2) is 8.13. The van der Waals surface area contributed by atoms with Gasteiger partial charge in [0.25, 0.3) is 0 Å². The number of aliphatic hydroxyl groups is 1. The van der Waals surface area contributed by atoms with E-state index in [1.54, 1.807) is 0 Å². The van der Waals surface area contributed by atoms with E-state index in [2.05, 4.69) is 41.5 Å². The predicted octanol–water partition coefficient (Wildman–Crippen LogP) is 5.03. The Bertz CT molecular complexity index is 174. The smallest absolute Gasteiger partial charge is 0.0680 e. The van der Waals surface area contributed by atoms with E-state index in [0.29, 0.717) is 17.8 Å². The molecule has 17 heavy (non-hydrogen) atoms. The highest BCUT2D eigenvalue weighted by molar-refractivity contribution is 4.87. The van der Waals surface area contributed by atoms with Gasteiger partial charge in [0.1, 0.15) is 0 Å². The molecule has 0 amide bonds. The Morgan fingerprint density at radius 2 is 1.41 bits per heavy atom. The molecule has 1 N–H and O–H groups in total. The lowest BCUT2D eigenvalue weighted by molar-refractivity contribution is -0.0571. The van der Waals surface area contributed by atoms with Gasteiger partial charge in [0, 0.05) is 0 Å². The van der Waals surface area contributed by atoms with Gasteiger partial charge in [-0.2, -0.15) is 0 Å². The van der Waals surface area contributed by atoms with Crippen LogP contribution in [0.2, 0.25) is 0 Å². The molecule has 1 heteroatoms. The first-order valence-corrected chi connectivity index (χ1v) is 7.58. The highest BCUT2D eigenvalue weighted by Gasteiger charge is 2.36. The van der Waals surface area contributed by atoms with Crippen molar-refractivity contribution in [1.82, 2.24) is 0 Å². The van der Waals surface area contributed by atoms with E-state index in [0.717, 1.165) is 19.3 Å². The lowest BCUT2D eigenvalue weighted by Crippen LogP contribution is -2.40. The molecule has 0 aliphatic heterocycles. The van der Waals surface area contributed by atoms with E-state index in [4.69, 9.17) is 0 Å². The van der Waals surface area contributed by atoms with Crippen LogP contribution in [0.4, 0.5) is 0 Å². The van der Waals surface area contributed by atoms with Crippen LogP contribution in [0.1, 0.15) is 80.1 Å². The molecule has 104 valence electrons. The average molecular weight is 242 g/mol. The largest absolute Gasteiger partial charge is 0.390 e. The van der Waals surface area contributed by atoms with Crippen molar-refractivity contribution < 1.29 is 5.11 Å². The van der Waals surface area contributed by atoms with E-state index in [1.807, 2.05) is 0 Å². The Hall–Kier alpha value is -0.0400. The van der Waals surface area contributed by atoms with E-state index in [9.17, 15) is 5.11 Å². The SMILES string of the molecule is CCCCC(CC)C(O)(CC(C)C)CC(C)C. The number of rotatable bonds is 9. The van der Waals surface area contributed by atoms with E-state index in [1.165, 1.54) is 19.3 Å². The van der Waals surface area contributed by atoms with Crippen molar-refractivity contribution in [3.63, 3.8) is 0 Å². The molecule has 1 nitrogen and oxygen atoms in total. The zero-order chi connectivity index (χ0) is 13.5. The number of hydrogen-bond donors (Lipinski definition) is 1. The first kappa shape index (κ1) is 17.0. The van der Waals surface area contributed by atoms with Crippen LogP contribution in [0, 0.1) is 17.8 Å². The van der Waals surface area contributed by atoms with Crippen LogP contribution in [0.3, 0.4) is 0 Å². The molecular formula is C16H34O. The maximum Gasteiger partial charge on any atom is 0.0680 e. The van der Waals surface area contributed by atoms with Crippen molar-refractivity contribution in [3.05, 3.63) is 0 Å². The van der Waals surface area contributed by atoms with Crippen LogP contribution >= 0.6 is 0 Å². The maximum absolute atomic E-state index is 11.0. The Morgan fingerprint density at radius 3 is 1.71 bits per heavy atom. The minimum Gasteiger partial charge on any atom is -0.390 e. The Morgan fingerprint density at radius 1 is 0.941 bits per heavy atom. The van der Waals surface area contributed by atoms with Crippen molar-refractivity contribution in [2.45, 2.75) is 85.7 Å². The summed E-state index contributed by atoms with van der Waals surface area (Å²) in [7, 11) is 0. The third kappa shape index (κ3) is 6.45. The van der Waals surface area contributed by atoms with Crippen LogP contribution < -0.4 is 0 Å². The normalized spacial score (nSPS) is 14.6. The van der Waals surface area contributed by atoms with Gasteiger partial charge in [-0.25, -0.2) is 0 Å². The summed E-state index contributed by atoms with van der Waals surface area (Å²) in [6.07, 6.45) is 6.67. The van der Waals surface area contributed by atoms with Gasteiger partial charge < -0.3 is 5.11 Å². The van der Waals surface area contributed by atoms with Crippen LogP contribution in [0.5, 0.6) is 0 Å². The fourth-order valence-electron chi connectivity index (χ4n) is 3.13. The van der Waals surface area contributed by atoms with Crippen LogP contribution in [0.15, 0.2) is 0 Å². The van der Waals surface area contributed by atoms with Crippen LogP contribution in [-0.2, 0) is 0 Å². The predicted molar refractivity (Wildman–Crippen MR) is 77.2 cm³/mol. The molecular weight excluding hydrogens is 208 g/mol. The van der Waals surface area contributed by atoms with E-state index >= 15 is 0 Å². The summed E-state index contributed by atoms with van der Waals surface area (Å²) in [4.78, 5) is 0. The highest BCUT2D eigenvalue weighted by Crippen LogP contribution is 2.36. The lowest BCUT2D eigenvalue weighted by atomic mass is 9.73. The van der Waals surface area contributed by atoms with Crippen molar-refractivity contribution in [1.29, 1.82) is 0 Å². The van der Waals surface area contributed by atoms with Gasteiger partial charge in [0.05, 0.1) is 5.60 Å². The van der Waals surface area contributed by atoms with Gasteiger partial charge in [0.15, 0.2) is 0 Å². The van der Waals surface area contributed by atoms with Crippen molar-refractivity contribution in [2.75, 3.05) is 0 Å². The number of unbranched alkanes of at least 4 members (excludes halogenated alkanes) is 1. The summed E-state index contributed by atoms with van der Waals surface area (Å²) in [6.45, 7) is 13.3. The van der Waals surface area contributed by atoms with Gasteiger partial charge in [-0.3, -0.25) is 0 Å². The summed E-state index contributed by atoms with van der Waals surface area (Å²) in [5.41, 5.74) is -0.438. The molecule has 0 bridgehead atoms. The van der Waals surface area contributed by atoms with Crippen LogP contribution in [-0.4, -0.2) is 10.7 Å². The minimum absolute atomic E-state index is 0.438. The fraction of sp³-hybridized carbons (Fsp3) is 1.00. The zero-order valence-corrected chi connectivity index (χ0v) is 12.9. The second-order valence-corrected chi connectivity index (χ2v) is 6.55. The number of hydrogen-bond acceptors (Lipinski definition) is 1. The zero-order valence-electron chi connectivity index (χ0n) is 12.9. The molecule has 0 aliphatic carbocycles. The lowest BCUT2D eigenvalue weighted by Gasteiger charge is -2.39.